The lowest BCUT2D eigenvalue weighted by molar-refractivity contribution is 0.0595. The zero-order valence-electron chi connectivity index (χ0n) is 8.39. The second-order valence-electron chi connectivity index (χ2n) is 3.17. The number of nitrogens with zero attached hydrogens (tertiary/aromatic N) is 2. The Balaban J connectivity index is 2.75. The Morgan fingerprint density at radius 2 is 2.27 bits per heavy atom. The van der Waals surface area contributed by atoms with Crippen LogP contribution in [0, 0.1) is 0 Å². The first-order valence-electron chi connectivity index (χ1n) is 4.37. The van der Waals surface area contributed by atoms with E-state index < -0.39 is 5.97 Å². The van der Waals surface area contributed by atoms with Crippen LogP contribution in [0.3, 0.4) is 0 Å². The number of methoxy groups -OCH3 is 1. The van der Waals surface area contributed by atoms with E-state index in [1.165, 1.54) is 13.2 Å². The molecule has 0 aliphatic carbocycles. The summed E-state index contributed by atoms with van der Waals surface area (Å²) >= 11 is 0. The largest absolute Gasteiger partial charge is 0.508 e. The molecule has 0 amide bonds. The third-order valence-electron chi connectivity index (χ3n) is 2.21. The van der Waals surface area contributed by atoms with Gasteiger partial charge in [-0.1, -0.05) is 0 Å². The van der Waals surface area contributed by atoms with Gasteiger partial charge in [0.05, 0.1) is 12.6 Å². The summed E-state index contributed by atoms with van der Waals surface area (Å²) in [4.78, 5) is 11.4. The van der Waals surface area contributed by atoms with Gasteiger partial charge in [0, 0.05) is 12.4 Å². The number of phenolic OH excluding ortho intramolecular Hbond substituents is 1. The number of esters is 1. The Bertz CT molecular complexity index is 531. The van der Waals surface area contributed by atoms with E-state index in [2.05, 4.69) is 9.84 Å². The van der Waals surface area contributed by atoms with Gasteiger partial charge in [-0.3, -0.25) is 4.68 Å². The van der Waals surface area contributed by atoms with Crippen LogP contribution in [-0.4, -0.2) is 28.0 Å². The molecule has 0 saturated carbocycles. The minimum absolute atomic E-state index is 0.0978. The van der Waals surface area contributed by atoms with Gasteiger partial charge in [0.1, 0.15) is 5.75 Å². The monoisotopic (exact) mass is 206 g/mol. The smallest absolute Gasteiger partial charge is 0.359 e. The summed E-state index contributed by atoms with van der Waals surface area (Å²) in [5.74, 6) is -0.410. The molecule has 78 valence electrons. The van der Waals surface area contributed by atoms with Crippen LogP contribution in [0.15, 0.2) is 18.2 Å². The molecule has 0 fully saturated rings. The van der Waals surface area contributed by atoms with Crippen molar-refractivity contribution in [1.29, 1.82) is 0 Å². The highest BCUT2D eigenvalue weighted by atomic mass is 16.5. The second-order valence-corrected chi connectivity index (χ2v) is 3.17. The minimum Gasteiger partial charge on any atom is -0.508 e. The van der Waals surface area contributed by atoms with E-state index in [1.54, 1.807) is 23.9 Å². The van der Waals surface area contributed by atoms with Gasteiger partial charge in [-0.05, 0) is 18.2 Å². The standard InChI is InChI=1S/C10H10N2O3/c1-12-8-4-3-6(13)5-7(8)9(11-12)10(14)15-2/h3-5,13H,1-2H3. The molecule has 15 heavy (non-hydrogen) atoms. The summed E-state index contributed by atoms with van der Waals surface area (Å²) in [6.45, 7) is 0. The predicted octanol–water partition coefficient (Wildman–Crippen LogP) is 1.07. The van der Waals surface area contributed by atoms with E-state index in [-0.39, 0.29) is 11.4 Å². The fourth-order valence-electron chi connectivity index (χ4n) is 1.50. The van der Waals surface area contributed by atoms with Gasteiger partial charge in [0.2, 0.25) is 0 Å². The van der Waals surface area contributed by atoms with Gasteiger partial charge < -0.3 is 9.84 Å². The first-order chi connectivity index (χ1) is 7.13. The molecule has 1 aromatic heterocycles. The molecule has 5 nitrogen and oxygen atoms in total. The van der Waals surface area contributed by atoms with E-state index >= 15 is 0 Å². The number of aromatic hydroxyl groups is 1. The van der Waals surface area contributed by atoms with Gasteiger partial charge in [0.25, 0.3) is 0 Å². The lowest BCUT2D eigenvalue weighted by Gasteiger charge is -1.95. The zero-order valence-corrected chi connectivity index (χ0v) is 8.39. The van der Waals surface area contributed by atoms with Crippen LogP contribution < -0.4 is 0 Å². The summed E-state index contributed by atoms with van der Waals surface area (Å²) in [5.41, 5.74) is 0.985. The number of carbonyl (C=O) groups excluding carboxylic acids is 1. The van der Waals surface area contributed by atoms with Gasteiger partial charge >= 0.3 is 5.97 Å². The Morgan fingerprint density at radius 3 is 2.93 bits per heavy atom. The fourth-order valence-corrected chi connectivity index (χ4v) is 1.50. The molecule has 1 N–H and O–H groups in total. The van der Waals surface area contributed by atoms with Crippen molar-refractivity contribution in [2.75, 3.05) is 7.11 Å². The van der Waals surface area contributed by atoms with Crippen molar-refractivity contribution in [3.8, 4) is 5.75 Å². The molecule has 0 radical (unpaired) electrons. The number of rotatable bonds is 1. The third-order valence-corrected chi connectivity index (χ3v) is 2.21. The SMILES string of the molecule is COC(=O)c1nn(C)c2ccc(O)cc12. The molecule has 0 aliphatic rings. The number of carbonyl (C=O) groups is 1. The predicted molar refractivity (Wildman–Crippen MR) is 53.7 cm³/mol. The molecule has 0 bridgehead atoms. The van der Waals surface area contributed by atoms with E-state index in [4.69, 9.17) is 0 Å². The molecular weight excluding hydrogens is 196 g/mol. The molecule has 0 spiro atoms. The molecule has 0 saturated heterocycles. The van der Waals surface area contributed by atoms with Crippen LogP contribution >= 0.6 is 0 Å². The average molecular weight is 206 g/mol. The number of fused-ring (bicyclic) bond motifs is 1. The fraction of sp³-hybridized carbons (Fsp3) is 0.200. The van der Waals surface area contributed by atoms with Gasteiger partial charge in [-0.2, -0.15) is 5.10 Å². The highest BCUT2D eigenvalue weighted by Gasteiger charge is 2.16. The average Bonchev–Trinajstić information content (AvgIpc) is 2.54. The van der Waals surface area contributed by atoms with Gasteiger partial charge in [0.15, 0.2) is 5.69 Å². The normalized spacial score (nSPS) is 10.5. The van der Waals surface area contributed by atoms with Crippen LogP contribution in [-0.2, 0) is 11.8 Å². The molecule has 1 aromatic carbocycles. The van der Waals surface area contributed by atoms with Crippen LogP contribution in [0.5, 0.6) is 5.75 Å². The Morgan fingerprint density at radius 1 is 1.53 bits per heavy atom. The van der Waals surface area contributed by atoms with Gasteiger partial charge in [-0.25, -0.2) is 4.79 Å². The maximum Gasteiger partial charge on any atom is 0.359 e. The number of hydrogen-bond donors (Lipinski definition) is 1. The van der Waals surface area contributed by atoms with Crippen molar-refractivity contribution in [2.45, 2.75) is 0 Å². The van der Waals surface area contributed by atoms with Crippen molar-refractivity contribution in [3.05, 3.63) is 23.9 Å². The molecule has 0 unspecified atom stereocenters. The highest BCUT2D eigenvalue weighted by molar-refractivity contribution is 6.02. The quantitative estimate of drug-likeness (QED) is 0.709. The van der Waals surface area contributed by atoms with Crippen molar-refractivity contribution in [3.63, 3.8) is 0 Å². The van der Waals surface area contributed by atoms with Crippen molar-refractivity contribution >= 4 is 16.9 Å². The van der Waals surface area contributed by atoms with Crippen LogP contribution in [0.2, 0.25) is 0 Å². The molecule has 1 heterocycles. The molecular formula is C10H10N2O3. The maximum absolute atomic E-state index is 11.4. The molecule has 5 heteroatoms. The number of benzene rings is 1. The third kappa shape index (κ3) is 1.41. The zero-order chi connectivity index (χ0) is 11.0. The summed E-state index contributed by atoms with van der Waals surface area (Å²) < 4.78 is 6.17. The first kappa shape index (κ1) is 9.51. The topological polar surface area (TPSA) is 64.3 Å². The number of aromatic nitrogens is 2. The van der Waals surface area contributed by atoms with E-state index in [9.17, 15) is 9.90 Å². The summed E-state index contributed by atoms with van der Waals surface area (Å²) in [7, 11) is 3.03. The van der Waals surface area contributed by atoms with Crippen molar-refractivity contribution in [2.24, 2.45) is 7.05 Å². The van der Waals surface area contributed by atoms with Crippen LogP contribution in [0.4, 0.5) is 0 Å². The lowest BCUT2D eigenvalue weighted by Crippen LogP contribution is -2.03. The molecule has 2 aromatic rings. The number of hydrogen-bond acceptors (Lipinski definition) is 4. The molecule has 0 atom stereocenters. The van der Waals surface area contributed by atoms with E-state index in [0.717, 1.165) is 5.52 Å². The Hall–Kier alpha value is -2.04. The lowest BCUT2D eigenvalue weighted by atomic mass is 10.2. The van der Waals surface area contributed by atoms with Crippen LogP contribution in [0.1, 0.15) is 10.5 Å². The van der Waals surface area contributed by atoms with Crippen molar-refractivity contribution in [1.82, 2.24) is 9.78 Å². The second kappa shape index (κ2) is 3.27. The molecule has 2 rings (SSSR count). The summed E-state index contributed by atoms with van der Waals surface area (Å²) in [6, 6.07) is 4.74. The molecule has 0 aliphatic heterocycles. The Kier molecular flexibility index (Phi) is 2.07. The maximum atomic E-state index is 11.4. The van der Waals surface area contributed by atoms with E-state index in [1.807, 2.05) is 0 Å². The summed E-state index contributed by atoms with van der Waals surface area (Å²) in [6.07, 6.45) is 0. The highest BCUT2D eigenvalue weighted by Crippen LogP contribution is 2.23. The Labute approximate surface area is 85.9 Å². The van der Waals surface area contributed by atoms with Gasteiger partial charge in [-0.15, -0.1) is 0 Å². The van der Waals surface area contributed by atoms with Crippen LogP contribution in [0.25, 0.3) is 10.9 Å². The number of ether oxygens (including phenoxy) is 1. The van der Waals surface area contributed by atoms with Crippen molar-refractivity contribution < 1.29 is 14.6 Å². The number of aryl methyl sites for hydroxylation is 1. The number of phenols is 1. The summed E-state index contributed by atoms with van der Waals surface area (Å²) in [5, 5.41) is 13.9. The van der Waals surface area contributed by atoms with E-state index in [0.29, 0.717) is 5.39 Å². The first-order valence-corrected chi connectivity index (χ1v) is 4.37. The minimum atomic E-state index is -0.508.